The third-order valence-corrected chi connectivity index (χ3v) is 5.70. The lowest BCUT2D eigenvalue weighted by atomic mass is 9.98. The number of alkyl halides is 3. The molecule has 0 radical (unpaired) electrons. The third-order valence-electron chi connectivity index (χ3n) is 5.70. The maximum Gasteiger partial charge on any atom is 0.422 e. The van der Waals surface area contributed by atoms with Crippen LogP contribution in [0.15, 0.2) is 72.9 Å². The van der Waals surface area contributed by atoms with Gasteiger partial charge in [-0.2, -0.15) is 13.2 Å². The van der Waals surface area contributed by atoms with E-state index < -0.39 is 12.8 Å². The number of aryl methyl sites for hydroxylation is 3. The van der Waals surface area contributed by atoms with E-state index in [1.165, 1.54) is 17.7 Å². The van der Waals surface area contributed by atoms with Gasteiger partial charge in [0.1, 0.15) is 11.6 Å². The number of fused-ring (bicyclic) bond motifs is 1. The van der Waals surface area contributed by atoms with Crippen molar-refractivity contribution in [1.29, 1.82) is 0 Å². The number of benzene rings is 3. The van der Waals surface area contributed by atoms with Gasteiger partial charge in [-0.25, -0.2) is 4.39 Å². The predicted molar refractivity (Wildman–Crippen MR) is 127 cm³/mol. The van der Waals surface area contributed by atoms with E-state index in [0.29, 0.717) is 23.8 Å². The molecule has 3 aromatic carbocycles. The molecule has 0 N–H and O–H groups in total. The normalized spacial score (nSPS) is 11.7. The minimum Gasteiger partial charge on any atom is -0.484 e. The molecule has 0 atom stereocenters. The highest BCUT2D eigenvalue weighted by Gasteiger charge is 2.28. The van der Waals surface area contributed by atoms with Gasteiger partial charge in [0.15, 0.2) is 6.61 Å². The van der Waals surface area contributed by atoms with Crippen molar-refractivity contribution in [2.45, 2.75) is 38.8 Å². The van der Waals surface area contributed by atoms with Gasteiger partial charge in [0, 0.05) is 17.1 Å². The molecule has 4 aromatic rings. The lowest BCUT2D eigenvalue weighted by Gasteiger charge is -2.11. The molecular formula is C28H25F4NO. The summed E-state index contributed by atoms with van der Waals surface area (Å²) in [5, 5.41) is 1.36. The van der Waals surface area contributed by atoms with Crippen LogP contribution < -0.4 is 4.74 Å². The van der Waals surface area contributed by atoms with Gasteiger partial charge in [-0.1, -0.05) is 55.8 Å². The van der Waals surface area contributed by atoms with Gasteiger partial charge >= 0.3 is 6.18 Å². The summed E-state index contributed by atoms with van der Waals surface area (Å²) in [6.45, 7) is 0.810. The Morgan fingerprint density at radius 3 is 2.26 bits per heavy atom. The number of nitrogens with zero attached hydrogens (tertiary/aromatic N) is 1. The molecule has 34 heavy (non-hydrogen) atoms. The summed E-state index contributed by atoms with van der Waals surface area (Å²) in [5.74, 6) is -0.0938. The summed E-state index contributed by atoms with van der Waals surface area (Å²) >= 11 is 0. The van der Waals surface area contributed by atoms with Gasteiger partial charge in [-0.3, -0.25) is 4.98 Å². The largest absolute Gasteiger partial charge is 0.484 e. The second-order valence-corrected chi connectivity index (χ2v) is 8.32. The minimum absolute atomic E-state index is 0.156. The van der Waals surface area contributed by atoms with Crippen molar-refractivity contribution in [2.75, 3.05) is 6.61 Å². The van der Waals surface area contributed by atoms with Crippen LogP contribution in [0.25, 0.3) is 22.0 Å². The maximum absolute atomic E-state index is 15.2. The first-order valence-corrected chi connectivity index (χ1v) is 11.3. The molecule has 0 aliphatic carbocycles. The molecule has 1 aromatic heterocycles. The Kier molecular flexibility index (Phi) is 7.15. The van der Waals surface area contributed by atoms with E-state index in [9.17, 15) is 13.2 Å². The number of ether oxygens (including phenoxy) is 1. The molecule has 0 bridgehead atoms. The first kappa shape index (κ1) is 23.7. The Balaban J connectivity index is 1.44. The van der Waals surface area contributed by atoms with Crippen molar-refractivity contribution >= 4 is 10.8 Å². The number of pyridine rings is 1. The van der Waals surface area contributed by atoms with Gasteiger partial charge in [0.2, 0.25) is 0 Å². The van der Waals surface area contributed by atoms with Crippen LogP contribution in [0.4, 0.5) is 17.6 Å². The Bertz CT molecular complexity index is 1250. The third kappa shape index (κ3) is 5.93. The van der Waals surface area contributed by atoms with E-state index in [1.54, 1.807) is 24.3 Å². The average molecular weight is 468 g/mol. The molecule has 0 saturated carbocycles. The van der Waals surface area contributed by atoms with Crippen molar-refractivity contribution < 1.29 is 22.3 Å². The predicted octanol–water partition coefficient (Wildman–Crippen LogP) is 7.72. The Labute approximate surface area is 196 Å². The zero-order chi connectivity index (χ0) is 24.1. The smallest absolute Gasteiger partial charge is 0.422 e. The number of hydrogen-bond donors (Lipinski definition) is 0. The van der Waals surface area contributed by atoms with E-state index in [4.69, 9.17) is 4.74 Å². The maximum atomic E-state index is 15.2. The van der Waals surface area contributed by atoms with Crippen molar-refractivity contribution in [2.24, 2.45) is 0 Å². The molecule has 4 rings (SSSR count). The highest BCUT2D eigenvalue weighted by atomic mass is 19.4. The van der Waals surface area contributed by atoms with E-state index >= 15 is 4.39 Å². The summed E-state index contributed by atoms with van der Waals surface area (Å²) in [4.78, 5) is 4.55. The second-order valence-electron chi connectivity index (χ2n) is 8.32. The Morgan fingerprint density at radius 2 is 1.59 bits per heavy atom. The van der Waals surface area contributed by atoms with Crippen LogP contribution in [0, 0.1) is 5.82 Å². The lowest BCUT2D eigenvalue weighted by molar-refractivity contribution is -0.153. The second kappa shape index (κ2) is 10.2. The molecule has 0 fully saturated rings. The van der Waals surface area contributed by atoms with E-state index in [-0.39, 0.29) is 11.6 Å². The first-order valence-electron chi connectivity index (χ1n) is 11.3. The van der Waals surface area contributed by atoms with Crippen LogP contribution in [0.1, 0.15) is 30.0 Å². The number of halogens is 4. The van der Waals surface area contributed by atoms with Crippen molar-refractivity contribution in [3.8, 4) is 17.0 Å². The van der Waals surface area contributed by atoms with Crippen LogP contribution in [-0.4, -0.2) is 17.8 Å². The summed E-state index contributed by atoms with van der Waals surface area (Å²) in [7, 11) is 0. The molecule has 0 aliphatic heterocycles. The van der Waals surface area contributed by atoms with Gasteiger partial charge in [-0.15, -0.1) is 0 Å². The van der Waals surface area contributed by atoms with Crippen LogP contribution in [0.2, 0.25) is 0 Å². The van der Waals surface area contributed by atoms with Gasteiger partial charge < -0.3 is 4.74 Å². The van der Waals surface area contributed by atoms with Crippen molar-refractivity contribution in [1.82, 2.24) is 4.98 Å². The van der Waals surface area contributed by atoms with Crippen molar-refractivity contribution in [3.05, 3.63) is 95.4 Å². The van der Waals surface area contributed by atoms with Crippen LogP contribution in [-0.2, 0) is 19.3 Å². The fraction of sp³-hybridized carbons (Fsp3) is 0.250. The topological polar surface area (TPSA) is 22.1 Å². The molecule has 0 saturated heterocycles. The first-order chi connectivity index (χ1) is 16.3. The number of aromatic nitrogens is 1. The summed E-state index contributed by atoms with van der Waals surface area (Å²) < 4.78 is 56.7. The molecular weight excluding hydrogens is 442 g/mol. The van der Waals surface area contributed by atoms with E-state index in [1.807, 2.05) is 30.5 Å². The quantitative estimate of drug-likeness (QED) is 0.248. The molecule has 0 spiro atoms. The standard InChI is InChI=1S/C28H25F4NO/c1-2-3-20-7-15-26(33-17-20)23-11-14-25-22(16-23)10-9-21(27(25)29)8-4-19-5-12-24(13-6-19)34-18-28(30,31)32/h5-7,9-17H,2-4,8,18H2,1H3. The highest BCUT2D eigenvalue weighted by molar-refractivity contribution is 5.88. The molecule has 1 heterocycles. The lowest BCUT2D eigenvalue weighted by Crippen LogP contribution is -2.19. The monoisotopic (exact) mass is 467 g/mol. The molecule has 2 nitrogen and oxygen atoms in total. The molecule has 0 unspecified atom stereocenters. The fourth-order valence-corrected chi connectivity index (χ4v) is 3.92. The number of hydrogen-bond acceptors (Lipinski definition) is 2. The van der Waals surface area contributed by atoms with Crippen LogP contribution in [0.3, 0.4) is 0 Å². The van der Waals surface area contributed by atoms with Gasteiger partial charge in [-0.05, 0) is 65.6 Å². The minimum atomic E-state index is -4.37. The molecule has 0 aliphatic rings. The van der Waals surface area contributed by atoms with E-state index in [2.05, 4.69) is 18.0 Å². The number of rotatable bonds is 8. The fourth-order valence-electron chi connectivity index (χ4n) is 3.92. The Morgan fingerprint density at radius 1 is 0.824 bits per heavy atom. The highest BCUT2D eigenvalue weighted by Crippen LogP contribution is 2.28. The summed E-state index contributed by atoms with van der Waals surface area (Å²) in [5.41, 5.74) is 4.49. The van der Waals surface area contributed by atoms with Gasteiger partial charge in [0.05, 0.1) is 5.69 Å². The van der Waals surface area contributed by atoms with Crippen LogP contribution >= 0.6 is 0 Å². The van der Waals surface area contributed by atoms with Gasteiger partial charge in [0.25, 0.3) is 0 Å². The molecule has 6 heteroatoms. The molecule has 0 amide bonds. The summed E-state index contributed by atoms with van der Waals surface area (Å²) in [6.07, 6.45) is 0.626. The van der Waals surface area contributed by atoms with E-state index in [0.717, 1.165) is 35.0 Å². The zero-order valence-electron chi connectivity index (χ0n) is 18.8. The average Bonchev–Trinajstić information content (AvgIpc) is 2.83. The SMILES string of the molecule is CCCc1ccc(-c2ccc3c(F)c(CCc4ccc(OCC(F)(F)F)cc4)ccc3c2)nc1. The summed E-state index contributed by atoms with van der Waals surface area (Å²) in [6, 6.07) is 19.8. The zero-order valence-corrected chi connectivity index (χ0v) is 18.8. The van der Waals surface area contributed by atoms with Crippen molar-refractivity contribution in [3.63, 3.8) is 0 Å². The molecule has 176 valence electrons. The Hall–Kier alpha value is -3.41. The van der Waals surface area contributed by atoms with Crippen LogP contribution in [0.5, 0.6) is 5.75 Å².